The second-order valence-corrected chi connectivity index (χ2v) is 4.70. The highest BCUT2D eigenvalue weighted by Gasteiger charge is 2.12. The van der Waals surface area contributed by atoms with Crippen molar-refractivity contribution < 1.29 is 14.3 Å². The summed E-state index contributed by atoms with van der Waals surface area (Å²) in [7, 11) is 0. The molecule has 2 aromatic rings. The van der Waals surface area contributed by atoms with Crippen LogP contribution in [-0.4, -0.2) is 12.6 Å². The Bertz CT molecular complexity index is 730. The summed E-state index contributed by atoms with van der Waals surface area (Å²) >= 11 is 0. The summed E-state index contributed by atoms with van der Waals surface area (Å²) in [6.07, 6.45) is 1.48. The maximum atomic E-state index is 12.1. The molecule has 2 rings (SSSR count). The molecular weight excluding hydrogens is 290 g/mol. The Hall–Kier alpha value is -3.06. The van der Waals surface area contributed by atoms with E-state index < -0.39 is 5.97 Å². The van der Waals surface area contributed by atoms with E-state index in [-0.39, 0.29) is 12.2 Å². The van der Waals surface area contributed by atoms with Gasteiger partial charge in [-0.15, -0.1) is 0 Å². The van der Waals surface area contributed by atoms with Crippen molar-refractivity contribution in [3.05, 3.63) is 71.3 Å². The molecule has 0 unspecified atom stereocenters. The molecule has 0 spiro atoms. The smallest absolute Gasteiger partial charge is 0.349 e. The van der Waals surface area contributed by atoms with Crippen molar-refractivity contribution in [1.82, 2.24) is 0 Å². The molecule has 4 heteroatoms. The maximum Gasteiger partial charge on any atom is 0.349 e. The highest BCUT2D eigenvalue weighted by molar-refractivity contribution is 5.98. The van der Waals surface area contributed by atoms with E-state index in [1.54, 1.807) is 12.1 Å². The molecule has 0 atom stereocenters. The van der Waals surface area contributed by atoms with Gasteiger partial charge in [-0.25, -0.2) is 4.79 Å². The van der Waals surface area contributed by atoms with E-state index in [2.05, 4.69) is 0 Å². The second kappa shape index (κ2) is 8.40. The van der Waals surface area contributed by atoms with Crippen LogP contribution in [0.4, 0.5) is 0 Å². The van der Waals surface area contributed by atoms with Gasteiger partial charge in [-0.05, 0) is 24.6 Å². The van der Waals surface area contributed by atoms with Crippen molar-refractivity contribution in [2.24, 2.45) is 0 Å². The van der Waals surface area contributed by atoms with Crippen molar-refractivity contribution in [3.63, 3.8) is 0 Å². The zero-order valence-corrected chi connectivity index (χ0v) is 12.9. The summed E-state index contributed by atoms with van der Waals surface area (Å²) in [4.78, 5) is 12.1. The Kier molecular flexibility index (Phi) is 5.96. The van der Waals surface area contributed by atoms with Gasteiger partial charge in [0.1, 0.15) is 24.0 Å². The van der Waals surface area contributed by atoms with Gasteiger partial charge in [0.25, 0.3) is 0 Å². The third-order valence-electron chi connectivity index (χ3n) is 3.07. The van der Waals surface area contributed by atoms with Crippen molar-refractivity contribution in [1.29, 1.82) is 5.26 Å². The fourth-order valence-corrected chi connectivity index (χ4v) is 1.98. The summed E-state index contributed by atoms with van der Waals surface area (Å²) in [6, 6.07) is 18.4. The number of hydrogen-bond acceptors (Lipinski definition) is 4. The van der Waals surface area contributed by atoms with Crippen LogP contribution in [0, 0.1) is 11.3 Å². The van der Waals surface area contributed by atoms with Gasteiger partial charge in [0.15, 0.2) is 0 Å². The van der Waals surface area contributed by atoms with Crippen LogP contribution in [0.3, 0.4) is 0 Å². The normalized spacial score (nSPS) is 10.7. The van der Waals surface area contributed by atoms with Crippen LogP contribution in [0.25, 0.3) is 6.08 Å². The van der Waals surface area contributed by atoms with E-state index in [1.807, 2.05) is 55.5 Å². The second-order valence-electron chi connectivity index (χ2n) is 4.70. The monoisotopic (exact) mass is 307 g/mol. The van der Waals surface area contributed by atoms with Crippen LogP contribution in [-0.2, 0) is 16.1 Å². The molecule has 4 nitrogen and oxygen atoms in total. The fourth-order valence-electron chi connectivity index (χ4n) is 1.98. The number of para-hydroxylation sites is 1. The van der Waals surface area contributed by atoms with Crippen LogP contribution in [0.5, 0.6) is 5.75 Å². The Labute approximate surface area is 135 Å². The minimum atomic E-state index is -0.650. The highest BCUT2D eigenvalue weighted by Crippen LogP contribution is 2.21. The third-order valence-corrected chi connectivity index (χ3v) is 3.07. The maximum absolute atomic E-state index is 12.1. The minimum Gasteiger partial charge on any atom is -0.493 e. The molecule has 0 aliphatic heterocycles. The molecule has 0 radical (unpaired) electrons. The zero-order chi connectivity index (χ0) is 16.5. The van der Waals surface area contributed by atoms with Crippen LogP contribution < -0.4 is 4.74 Å². The van der Waals surface area contributed by atoms with E-state index in [9.17, 15) is 10.1 Å². The molecule has 0 fully saturated rings. The van der Waals surface area contributed by atoms with E-state index in [1.165, 1.54) is 6.08 Å². The number of esters is 1. The lowest BCUT2D eigenvalue weighted by atomic mass is 10.1. The molecule has 0 amide bonds. The molecule has 0 aliphatic rings. The van der Waals surface area contributed by atoms with Gasteiger partial charge in [-0.3, -0.25) is 0 Å². The predicted octanol–water partition coefficient (Wildman–Crippen LogP) is 3.74. The first kappa shape index (κ1) is 16.3. The van der Waals surface area contributed by atoms with Crippen LogP contribution in [0.2, 0.25) is 0 Å². The number of carbonyl (C=O) groups excluding carboxylic acids is 1. The first-order chi connectivity index (χ1) is 11.2. The SMILES string of the molecule is CCOc1ccccc1/C=C(\C#N)C(=O)OCc1ccccc1. The first-order valence-electron chi connectivity index (χ1n) is 7.29. The van der Waals surface area contributed by atoms with Crippen molar-refractivity contribution >= 4 is 12.0 Å². The van der Waals surface area contributed by atoms with Gasteiger partial charge in [-0.2, -0.15) is 5.26 Å². The molecule has 0 saturated heterocycles. The first-order valence-corrected chi connectivity index (χ1v) is 7.29. The lowest BCUT2D eigenvalue weighted by molar-refractivity contribution is -0.139. The van der Waals surface area contributed by atoms with Crippen LogP contribution in [0.1, 0.15) is 18.1 Å². The number of ether oxygens (including phenoxy) is 2. The molecule has 2 aromatic carbocycles. The average molecular weight is 307 g/mol. The summed E-state index contributed by atoms with van der Waals surface area (Å²) in [5, 5.41) is 9.22. The molecule has 23 heavy (non-hydrogen) atoms. The van der Waals surface area contributed by atoms with Crippen LogP contribution >= 0.6 is 0 Å². The van der Waals surface area contributed by atoms with Crippen LogP contribution in [0.15, 0.2) is 60.2 Å². The third kappa shape index (κ3) is 4.72. The Morgan fingerprint density at radius 2 is 1.83 bits per heavy atom. The highest BCUT2D eigenvalue weighted by atomic mass is 16.5. The van der Waals surface area contributed by atoms with Gasteiger partial charge < -0.3 is 9.47 Å². The van der Waals surface area contributed by atoms with Gasteiger partial charge in [0, 0.05) is 5.56 Å². The molecule has 0 bridgehead atoms. The minimum absolute atomic E-state index is 0.0620. The number of nitriles is 1. The molecule has 0 heterocycles. The topological polar surface area (TPSA) is 59.3 Å². The number of benzene rings is 2. The number of hydrogen-bond donors (Lipinski definition) is 0. The Morgan fingerprint density at radius 1 is 1.13 bits per heavy atom. The van der Waals surface area contributed by atoms with Gasteiger partial charge in [0.05, 0.1) is 6.61 Å². The largest absolute Gasteiger partial charge is 0.493 e. The van der Waals surface area contributed by atoms with Crippen molar-refractivity contribution in [2.45, 2.75) is 13.5 Å². The molecule has 0 saturated carbocycles. The quantitative estimate of drug-likeness (QED) is 0.463. The van der Waals surface area contributed by atoms with Crippen molar-refractivity contribution in [2.75, 3.05) is 6.61 Å². The van der Waals surface area contributed by atoms with Gasteiger partial charge in [0.2, 0.25) is 0 Å². The average Bonchev–Trinajstić information content (AvgIpc) is 2.60. The number of carbonyl (C=O) groups is 1. The molecule has 0 aliphatic carbocycles. The van der Waals surface area contributed by atoms with E-state index in [0.29, 0.717) is 17.9 Å². The van der Waals surface area contributed by atoms with Gasteiger partial charge in [-0.1, -0.05) is 48.5 Å². The predicted molar refractivity (Wildman–Crippen MR) is 87.4 cm³/mol. The Balaban J connectivity index is 2.12. The molecule has 116 valence electrons. The van der Waals surface area contributed by atoms with E-state index in [4.69, 9.17) is 9.47 Å². The van der Waals surface area contributed by atoms with Gasteiger partial charge >= 0.3 is 5.97 Å². The summed E-state index contributed by atoms with van der Waals surface area (Å²) < 4.78 is 10.7. The summed E-state index contributed by atoms with van der Waals surface area (Å²) in [5.74, 6) is -0.0266. The lowest BCUT2D eigenvalue weighted by Crippen LogP contribution is -2.07. The fraction of sp³-hybridized carbons (Fsp3) is 0.158. The number of nitrogens with zero attached hydrogens (tertiary/aromatic N) is 1. The van der Waals surface area contributed by atoms with E-state index in [0.717, 1.165) is 5.56 Å². The summed E-state index contributed by atoms with van der Waals surface area (Å²) in [5.41, 5.74) is 1.48. The number of rotatable bonds is 6. The molecule has 0 N–H and O–H groups in total. The van der Waals surface area contributed by atoms with Crippen molar-refractivity contribution in [3.8, 4) is 11.8 Å². The summed E-state index contributed by atoms with van der Waals surface area (Å²) in [6.45, 7) is 2.51. The van der Waals surface area contributed by atoms with E-state index >= 15 is 0 Å². The molecule has 0 aromatic heterocycles. The zero-order valence-electron chi connectivity index (χ0n) is 12.9. The Morgan fingerprint density at radius 3 is 2.52 bits per heavy atom. The lowest BCUT2D eigenvalue weighted by Gasteiger charge is -2.07. The molecular formula is C19H17NO3. The standard InChI is InChI=1S/C19H17NO3/c1-2-22-18-11-7-6-10-16(18)12-17(13-20)19(21)23-14-15-8-4-3-5-9-15/h3-12H,2,14H2,1H3/b17-12+.